The molecular formula is C12H20N2O5S2. The summed E-state index contributed by atoms with van der Waals surface area (Å²) in [5.74, 6) is -1.31. The highest BCUT2D eigenvalue weighted by atomic mass is 32.2. The summed E-state index contributed by atoms with van der Waals surface area (Å²) in [6.07, 6.45) is 2.36. The van der Waals surface area contributed by atoms with Crippen LogP contribution in [0.25, 0.3) is 0 Å². The smallest absolute Gasteiger partial charge is 0.327 e. The van der Waals surface area contributed by atoms with Crippen LogP contribution in [0.4, 0.5) is 0 Å². The van der Waals surface area contributed by atoms with Crippen molar-refractivity contribution < 1.29 is 23.1 Å². The molecule has 0 bridgehead atoms. The van der Waals surface area contributed by atoms with E-state index in [0.29, 0.717) is 25.1 Å². The Bertz CT molecular complexity index is 536. The molecule has 0 spiro atoms. The Labute approximate surface area is 128 Å². The minimum Gasteiger partial charge on any atom is -0.480 e. The topological polar surface area (TPSA) is 95.0 Å². The fraction of sp³-hybridized carbons (Fsp3) is 0.833. The molecule has 1 N–H and O–H groups in total. The lowest BCUT2D eigenvalue weighted by atomic mass is 9.97. The Morgan fingerprint density at radius 2 is 2.00 bits per heavy atom. The molecule has 21 heavy (non-hydrogen) atoms. The van der Waals surface area contributed by atoms with E-state index in [0.717, 1.165) is 6.26 Å². The van der Waals surface area contributed by atoms with Gasteiger partial charge in [-0.15, -0.1) is 11.8 Å². The number of carboxylic acid groups (broad SMARTS) is 1. The van der Waals surface area contributed by atoms with Gasteiger partial charge in [0.05, 0.1) is 17.5 Å². The Morgan fingerprint density at radius 3 is 2.57 bits per heavy atom. The number of thioether (sulfide) groups is 1. The highest BCUT2D eigenvalue weighted by Gasteiger charge is 2.43. The standard InChI is InChI=1S/C12H20N2O5S2/c1-8-14(10(7-20-8)12(16)17)11(15)9-4-3-5-13(6-9)21(2,18)19/h8-10H,3-7H2,1-2H3,(H,16,17). The Hall–Kier alpha value is -0.800. The fourth-order valence-electron chi connectivity index (χ4n) is 2.82. The minimum absolute atomic E-state index is 0.151. The first-order chi connectivity index (χ1) is 9.71. The summed E-state index contributed by atoms with van der Waals surface area (Å²) >= 11 is 1.43. The summed E-state index contributed by atoms with van der Waals surface area (Å²) in [7, 11) is -3.32. The molecule has 3 unspecified atom stereocenters. The van der Waals surface area contributed by atoms with Gasteiger partial charge in [0.2, 0.25) is 15.9 Å². The molecule has 0 radical (unpaired) electrons. The summed E-state index contributed by atoms with van der Waals surface area (Å²) in [6.45, 7) is 2.38. The monoisotopic (exact) mass is 336 g/mol. The van der Waals surface area contributed by atoms with E-state index in [-0.39, 0.29) is 17.8 Å². The van der Waals surface area contributed by atoms with Crippen molar-refractivity contribution in [1.29, 1.82) is 0 Å². The maximum Gasteiger partial charge on any atom is 0.327 e. The van der Waals surface area contributed by atoms with E-state index in [2.05, 4.69) is 0 Å². The number of carboxylic acids is 1. The highest BCUT2D eigenvalue weighted by Crippen LogP contribution is 2.32. The van der Waals surface area contributed by atoms with Crippen LogP contribution in [0.3, 0.4) is 0 Å². The zero-order valence-corrected chi connectivity index (χ0v) is 13.7. The average molecular weight is 336 g/mol. The summed E-state index contributed by atoms with van der Waals surface area (Å²) in [5.41, 5.74) is 0. The number of nitrogens with zero attached hydrogens (tertiary/aromatic N) is 2. The van der Waals surface area contributed by atoms with Crippen LogP contribution in [0.15, 0.2) is 0 Å². The lowest BCUT2D eigenvalue weighted by molar-refractivity contribution is -0.151. The molecule has 9 heteroatoms. The Morgan fingerprint density at radius 1 is 1.33 bits per heavy atom. The summed E-state index contributed by atoms with van der Waals surface area (Å²) in [5, 5.41) is 9.03. The molecule has 0 saturated carbocycles. The molecule has 0 aromatic heterocycles. The van der Waals surface area contributed by atoms with Crippen LogP contribution >= 0.6 is 11.8 Å². The fourth-order valence-corrected chi connectivity index (χ4v) is 4.91. The molecule has 2 aliphatic heterocycles. The molecule has 3 atom stereocenters. The van der Waals surface area contributed by atoms with Crippen molar-refractivity contribution in [2.75, 3.05) is 25.1 Å². The van der Waals surface area contributed by atoms with E-state index < -0.39 is 28.0 Å². The summed E-state index contributed by atoms with van der Waals surface area (Å²) in [6, 6.07) is -0.814. The molecule has 1 amide bonds. The van der Waals surface area contributed by atoms with Crippen molar-refractivity contribution in [3.63, 3.8) is 0 Å². The number of carbonyl (C=O) groups is 2. The largest absolute Gasteiger partial charge is 0.480 e. The van der Waals surface area contributed by atoms with Crippen molar-refractivity contribution >= 4 is 33.7 Å². The molecule has 2 rings (SSSR count). The van der Waals surface area contributed by atoms with Gasteiger partial charge in [-0.3, -0.25) is 4.79 Å². The number of rotatable bonds is 3. The second-order valence-corrected chi connectivity index (χ2v) is 8.82. The molecule has 0 aliphatic carbocycles. The molecule has 2 aliphatic rings. The summed E-state index contributed by atoms with van der Waals surface area (Å²) in [4.78, 5) is 25.3. The molecule has 7 nitrogen and oxygen atoms in total. The second-order valence-electron chi connectivity index (χ2n) is 5.49. The van der Waals surface area contributed by atoms with Gasteiger partial charge < -0.3 is 10.0 Å². The minimum atomic E-state index is -3.32. The van der Waals surface area contributed by atoms with Crippen LogP contribution in [0.5, 0.6) is 0 Å². The SMILES string of the molecule is CC1SCC(C(=O)O)N1C(=O)C1CCCN(S(C)(=O)=O)C1. The van der Waals surface area contributed by atoms with E-state index in [1.165, 1.54) is 21.0 Å². The maximum atomic E-state index is 12.6. The molecule has 120 valence electrons. The average Bonchev–Trinajstić information content (AvgIpc) is 2.79. The quantitative estimate of drug-likeness (QED) is 0.781. The van der Waals surface area contributed by atoms with E-state index in [9.17, 15) is 23.1 Å². The van der Waals surface area contributed by atoms with Gasteiger partial charge in [0, 0.05) is 18.8 Å². The summed E-state index contributed by atoms with van der Waals surface area (Å²) < 4.78 is 24.5. The van der Waals surface area contributed by atoms with Crippen molar-refractivity contribution in [3.05, 3.63) is 0 Å². The maximum absolute atomic E-state index is 12.6. The van der Waals surface area contributed by atoms with Crippen molar-refractivity contribution in [3.8, 4) is 0 Å². The van der Waals surface area contributed by atoms with Crippen molar-refractivity contribution in [1.82, 2.24) is 9.21 Å². The van der Waals surface area contributed by atoms with E-state index in [1.807, 2.05) is 6.92 Å². The first-order valence-electron chi connectivity index (χ1n) is 6.83. The third kappa shape index (κ3) is 3.51. The Kier molecular flexibility index (Phi) is 4.84. The van der Waals surface area contributed by atoms with Crippen LogP contribution in [0.1, 0.15) is 19.8 Å². The lowest BCUT2D eigenvalue weighted by Gasteiger charge is -2.34. The van der Waals surface area contributed by atoms with Gasteiger partial charge in [-0.25, -0.2) is 17.5 Å². The zero-order valence-electron chi connectivity index (χ0n) is 12.1. The Balaban J connectivity index is 2.13. The van der Waals surface area contributed by atoms with Crippen LogP contribution in [0, 0.1) is 5.92 Å². The zero-order chi connectivity index (χ0) is 15.8. The van der Waals surface area contributed by atoms with E-state index in [4.69, 9.17) is 0 Å². The molecule has 0 aromatic carbocycles. The number of carbonyl (C=O) groups excluding carboxylic acids is 1. The van der Waals surface area contributed by atoms with Gasteiger partial charge in [0.1, 0.15) is 6.04 Å². The number of hydrogen-bond donors (Lipinski definition) is 1. The third-order valence-corrected chi connectivity index (χ3v) is 6.45. The van der Waals surface area contributed by atoms with Gasteiger partial charge in [-0.1, -0.05) is 0 Å². The van der Waals surface area contributed by atoms with Crippen molar-refractivity contribution in [2.24, 2.45) is 5.92 Å². The molecule has 2 heterocycles. The first kappa shape index (κ1) is 16.6. The number of piperidine rings is 1. The van der Waals surface area contributed by atoms with Crippen LogP contribution in [-0.4, -0.2) is 71.1 Å². The van der Waals surface area contributed by atoms with Crippen LogP contribution in [-0.2, 0) is 19.6 Å². The highest BCUT2D eigenvalue weighted by molar-refractivity contribution is 8.00. The van der Waals surface area contributed by atoms with Gasteiger partial charge >= 0.3 is 5.97 Å². The number of sulfonamides is 1. The van der Waals surface area contributed by atoms with Crippen molar-refractivity contribution in [2.45, 2.75) is 31.2 Å². The second kappa shape index (κ2) is 6.13. The van der Waals surface area contributed by atoms with Crippen LogP contribution in [0.2, 0.25) is 0 Å². The van der Waals surface area contributed by atoms with Gasteiger partial charge in [-0.05, 0) is 19.8 Å². The molecule has 2 saturated heterocycles. The number of amides is 1. The van der Waals surface area contributed by atoms with Gasteiger partial charge in [-0.2, -0.15) is 0 Å². The van der Waals surface area contributed by atoms with Crippen LogP contribution < -0.4 is 0 Å². The third-order valence-electron chi connectivity index (χ3n) is 3.96. The van der Waals surface area contributed by atoms with Gasteiger partial charge in [0.25, 0.3) is 0 Å². The number of aliphatic carboxylic acids is 1. The lowest BCUT2D eigenvalue weighted by Crippen LogP contribution is -2.51. The number of hydrogen-bond acceptors (Lipinski definition) is 5. The predicted octanol–water partition coefficient (Wildman–Crippen LogP) is 0.0326. The molecule has 2 fully saturated rings. The first-order valence-corrected chi connectivity index (χ1v) is 9.73. The predicted molar refractivity (Wildman–Crippen MR) is 79.3 cm³/mol. The molecular weight excluding hydrogens is 316 g/mol. The molecule has 0 aromatic rings. The van der Waals surface area contributed by atoms with Gasteiger partial charge in [0.15, 0.2) is 0 Å². The normalized spacial score (nSPS) is 31.3. The van der Waals surface area contributed by atoms with E-state index in [1.54, 1.807) is 0 Å². The van der Waals surface area contributed by atoms with E-state index >= 15 is 0 Å².